The molecule has 0 saturated carbocycles. The maximum atomic E-state index is 6.33. The molecule has 0 fully saturated rings. The highest BCUT2D eigenvalue weighted by Gasteiger charge is 2.16. The highest BCUT2D eigenvalue weighted by atomic mass is 35.5. The van der Waals surface area contributed by atoms with E-state index in [0.717, 1.165) is 17.0 Å². The van der Waals surface area contributed by atoms with Gasteiger partial charge in [-0.2, -0.15) is 0 Å². The lowest BCUT2D eigenvalue weighted by molar-refractivity contribution is 0.245. The second-order valence-electron chi connectivity index (χ2n) is 5.65. The summed E-state index contributed by atoms with van der Waals surface area (Å²) >= 11 is 12.6. The van der Waals surface area contributed by atoms with Gasteiger partial charge in [-0.3, -0.25) is 0 Å². The van der Waals surface area contributed by atoms with Crippen LogP contribution >= 0.6 is 23.2 Å². The normalized spacial score (nSPS) is 11.1. The van der Waals surface area contributed by atoms with E-state index >= 15 is 0 Å². The third-order valence-electron chi connectivity index (χ3n) is 3.51. The second kappa shape index (κ2) is 6.83. The predicted molar refractivity (Wildman–Crippen MR) is 99.8 cm³/mol. The molecule has 0 aliphatic heterocycles. The van der Waals surface area contributed by atoms with Crippen LogP contribution in [0.25, 0.3) is 10.9 Å². The molecule has 2 aromatic heterocycles. The van der Waals surface area contributed by atoms with E-state index in [1.54, 1.807) is 12.3 Å². The van der Waals surface area contributed by atoms with Crippen molar-refractivity contribution in [1.82, 2.24) is 9.97 Å². The van der Waals surface area contributed by atoms with Gasteiger partial charge in [0.15, 0.2) is 5.75 Å². The summed E-state index contributed by atoms with van der Waals surface area (Å²) in [5, 5.41) is 1.80. The number of halogens is 2. The molecule has 0 amide bonds. The fraction of sp³-hybridized carbons (Fsp3) is 0.222. The first kappa shape index (κ1) is 16.8. The molecule has 6 heteroatoms. The summed E-state index contributed by atoms with van der Waals surface area (Å²) in [5.74, 6) is 2.07. The molecule has 4 nitrogen and oxygen atoms in total. The van der Waals surface area contributed by atoms with Crippen molar-refractivity contribution in [3.63, 3.8) is 0 Å². The van der Waals surface area contributed by atoms with E-state index in [1.165, 1.54) is 0 Å². The molecule has 1 aromatic carbocycles. The van der Waals surface area contributed by atoms with Gasteiger partial charge in [-0.25, -0.2) is 9.97 Å². The van der Waals surface area contributed by atoms with E-state index in [1.807, 2.05) is 56.1 Å². The van der Waals surface area contributed by atoms with Gasteiger partial charge in [0.05, 0.1) is 16.1 Å². The number of pyridine rings is 2. The van der Waals surface area contributed by atoms with Crippen LogP contribution in [0.2, 0.25) is 10.0 Å². The topological polar surface area (TPSA) is 38.2 Å². The summed E-state index contributed by atoms with van der Waals surface area (Å²) in [4.78, 5) is 11.0. The van der Waals surface area contributed by atoms with Crippen molar-refractivity contribution in [3.8, 4) is 5.75 Å². The minimum atomic E-state index is -0.0224. The van der Waals surface area contributed by atoms with Crippen LogP contribution in [0.3, 0.4) is 0 Å². The number of anilines is 2. The SMILES string of the molecule is CC(C)Oc1c(Cl)cc(Cl)c2ccc(N(C)c3ccccn3)nc12. The molecule has 0 unspecified atom stereocenters. The van der Waals surface area contributed by atoms with Crippen molar-refractivity contribution >= 4 is 45.7 Å². The van der Waals surface area contributed by atoms with E-state index in [9.17, 15) is 0 Å². The number of hydrogen-bond donors (Lipinski definition) is 0. The Kier molecular flexibility index (Phi) is 4.78. The van der Waals surface area contributed by atoms with Crippen LogP contribution < -0.4 is 9.64 Å². The number of fused-ring (bicyclic) bond motifs is 1. The Hall–Kier alpha value is -2.04. The van der Waals surface area contributed by atoms with Gasteiger partial charge in [0, 0.05) is 18.6 Å². The zero-order valence-electron chi connectivity index (χ0n) is 13.6. The van der Waals surface area contributed by atoms with E-state index < -0.39 is 0 Å². The molecular weight excluding hydrogens is 345 g/mol. The van der Waals surface area contributed by atoms with Crippen molar-refractivity contribution in [2.45, 2.75) is 20.0 Å². The predicted octanol–water partition coefficient (Wildman–Crippen LogP) is 5.49. The fourth-order valence-electron chi connectivity index (χ4n) is 2.39. The van der Waals surface area contributed by atoms with Crippen LogP contribution in [-0.2, 0) is 0 Å². The van der Waals surface area contributed by atoms with Gasteiger partial charge in [-0.05, 0) is 44.2 Å². The van der Waals surface area contributed by atoms with Crippen LogP contribution in [0.15, 0.2) is 42.6 Å². The van der Waals surface area contributed by atoms with Gasteiger partial charge < -0.3 is 9.64 Å². The molecule has 0 aliphatic carbocycles. The zero-order valence-corrected chi connectivity index (χ0v) is 15.1. The summed E-state index contributed by atoms with van der Waals surface area (Å²) in [6, 6.07) is 11.2. The highest BCUT2D eigenvalue weighted by molar-refractivity contribution is 6.39. The third-order valence-corrected chi connectivity index (χ3v) is 4.11. The summed E-state index contributed by atoms with van der Waals surface area (Å²) < 4.78 is 5.87. The molecule has 0 spiro atoms. The number of ether oxygens (including phenoxy) is 1. The molecule has 124 valence electrons. The van der Waals surface area contributed by atoms with Crippen molar-refractivity contribution in [2.75, 3.05) is 11.9 Å². The first-order valence-corrected chi connectivity index (χ1v) is 8.33. The number of aromatic nitrogens is 2. The Labute approximate surface area is 151 Å². The van der Waals surface area contributed by atoms with Crippen LogP contribution in [-0.4, -0.2) is 23.1 Å². The Morgan fingerprint density at radius 3 is 2.50 bits per heavy atom. The Morgan fingerprint density at radius 2 is 1.83 bits per heavy atom. The molecule has 0 saturated heterocycles. The van der Waals surface area contributed by atoms with Crippen LogP contribution in [0, 0.1) is 0 Å². The van der Waals surface area contributed by atoms with E-state index in [0.29, 0.717) is 21.3 Å². The van der Waals surface area contributed by atoms with Crippen LogP contribution in [0.1, 0.15) is 13.8 Å². The largest absolute Gasteiger partial charge is 0.487 e. The first-order chi connectivity index (χ1) is 11.5. The zero-order chi connectivity index (χ0) is 17.3. The standard InChI is InChI=1S/C18H17Cl2N3O/c1-11(2)24-18-14(20)10-13(19)12-7-8-16(22-17(12)18)23(3)15-6-4-5-9-21-15/h4-11H,1-3H3. The third kappa shape index (κ3) is 3.25. The average molecular weight is 362 g/mol. The van der Waals surface area contributed by atoms with Gasteiger partial charge in [-0.1, -0.05) is 29.3 Å². The molecule has 0 atom stereocenters. The molecular formula is C18H17Cl2N3O. The summed E-state index contributed by atoms with van der Waals surface area (Å²) in [5.41, 5.74) is 0.640. The summed E-state index contributed by atoms with van der Waals surface area (Å²) in [6.45, 7) is 3.89. The maximum Gasteiger partial charge on any atom is 0.164 e. The summed E-state index contributed by atoms with van der Waals surface area (Å²) in [6.07, 6.45) is 1.72. The summed E-state index contributed by atoms with van der Waals surface area (Å²) in [7, 11) is 1.91. The quantitative estimate of drug-likeness (QED) is 0.615. The second-order valence-corrected chi connectivity index (χ2v) is 6.46. The molecule has 0 aliphatic rings. The monoisotopic (exact) mass is 361 g/mol. The molecule has 24 heavy (non-hydrogen) atoms. The Balaban J connectivity index is 2.15. The number of hydrogen-bond acceptors (Lipinski definition) is 4. The van der Waals surface area contributed by atoms with Crippen LogP contribution in [0.5, 0.6) is 5.75 Å². The van der Waals surface area contributed by atoms with Gasteiger partial charge in [0.1, 0.15) is 17.2 Å². The first-order valence-electron chi connectivity index (χ1n) is 7.57. The molecule has 0 bridgehead atoms. The highest BCUT2D eigenvalue weighted by Crippen LogP contribution is 2.39. The molecule has 2 heterocycles. The average Bonchev–Trinajstić information content (AvgIpc) is 2.58. The molecule has 3 aromatic rings. The molecule has 3 rings (SSSR count). The minimum absolute atomic E-state index is 0.0224. The van der Waals surface area contributed by atoms with Crippen LogP contribution in [0.4, 0.5) is 11.6 Å². The Bertz CT molecular complexity index is 869. The molecule has 0 N–H and O–H groups in total. The van der Waals surface area contributed by atoms with E-state index in [2.05, 4.69) is 4.98 Å². The number of rotatable bonds is 4. The van der Waals surface area contributed by atoms with Gasteiger partial charge in [-0.15, -0.1) is 0 Å². The minimum Gasteiger partial charge on any atom is -0.487 e. The van der Waals surface area contributed by atoms with Gasteiger partial charge >= 0.3 is 0 Å². The van der Waals surface area contributed by atoms with Crippen molar-refractivity contribution in [3.05, 3.63) is 52.6 Å². The lowest BCUT2D eigenvalue weighted by atomic mass is 10.2. The van der Waals surface area contributed by atoms with Gasteiger partial charge in [0.2, 0.25) is 0 Å². The van der Waals surface area contributed by atoms with E-state index in [4.69, 9.17) is 32.9 Å². The lowest BCUT2D eigenvalue weighted by Crippen LogP contribution is -2.13. The molecule has 0 radical (unpaired) electrons. The van der Waals surface area contributed by atoms with E-state index in [-0.39, 0.29) is 6.10 Å². The number of benzene rings is 1. The smallest absolute Gasteiger partial charge is 0.164 e. The van der Waals surface area contributed by atoms with Crippen molar-refractivity contribution in [2.24, 2.45) is 0 Å². The van der Waals surface area contributed by atoms with Crippen molar-refractivity contribution in [1.29, 1.82) is 0 Å². The van der Waals surface area contributed by atoms with Crippen molar-refractivity contribution < 1.29 is 4.74 Å². The lowest BCUT2D eigenvalue weighted by Gasteiger charge is -2.19. The fourth-order valence-corrected chi connectivity index (χ4v) is 2.95. The Morgan fingerprint density at radius 1 is 1.04 bits per heavy atom. The number of nitrogens with zero attached hydrogens (tertiary/aromatic N) is 3. The van der Waals surface area contributed by atoms with Gasteiger partial charge in [0.25, 0.3) is 0 Å². The maximum absolute atomic E-state index is 6.33.